The SMILES string of the molecule is Cc1cccc(-c2cc(O)ccc2F)c1. The van der Waals surface area contributed by atoms with Gasteiger partial charge in [-0.2, -0.15) is 0 Å². The lowest BCUT2D eigenvalue weighted by Gasteiger charge is -2.04. The number of halogens is 1. The largest absolute Gasteiger partial charge is 0.508 e. The lowest BCUT2D eigenvalue weighted by atomic mass is 10.0. The van der Waals surface area contributed by atoms with E-state index in [1.54, 1.807) is 0 Å². The molecular weight excluding hydrogens is 191 g/mol. The van der Waals surface area contributed by atoms with E-state index in [1.165, 1.54) is 18.2 Å². The summed E-state index contributed by atoms with van der Waals surface area (Å²) in [7, 11) is 0. The molecule has 0 radical (unpaired) electrons. The average molecular weight is 202 g/mol. The van der Waals surface area contributed by atoms with Crippen LogP contribution in [0.15, 0.2) is 42.5 Å². The van der Waals surface area contributed by atoms with Gasteiger partial charge in [-0.1, -0.05) is 29.8 Å². The molecule has 0 saturated carbocycles. The fourth-order valence-corrected chi connectivity index (χ4v) is 1.55. The van der Waals surface area contributed by atoms with Crippen molar-refractivity contribution in [3.63, 3.8) is 0 Å². The highest BCUT2D eigenvalue weighted by molar-refractivity contribution is 5.66. The predicted molar refractivity (Wildman–Crippen MR) is 58.2 cm³/mol. The molecule has 0 unspecified atom stereocenters. The van der Waals surface area contributed by atoms with Gasteiger partial charge >= 0.3 is 0 Å². The van der Waals surface area contributed by atoms with Gasteiger partial charge in [0.05, 0.1) is 0 Å². The first-order valence-corrected chi connectivity index (χ1v) is 4.72. The van der Waals surface area contributed by atoms with Gasteiger partial charge in [0, 0.05) is 5.56 Å². The Morgan fingerprint density at radius 1 is 1.07 bits per heavy atom. The Balaban J connectivity index is 2.58. The summed E-state index contributed by atoms with van der Waals surface area (Å²) in [5.41, 5.74) is 2.28. The van der Waals surface area contributed by atoms with Crippen LogP contribution in [0.25, 0.3) is 11.1 Å². The Labute approximate surface area is 87.8 Å². The molecule has 15 heavy (non-hydrogen) atoms. The number of phenols is 1. The summed E-state index contributed by atoms with van der Waals surface area (Å²) >= 11 is 0. The van der Waals surface area contributed by atoms with Crippen LogP contribution in [-0.2, 0) is 0 Å². The quantitative estimate of drug-likeness (QED) is 0.750. The van der Waals surface area contributed by atoms with Gasteiger partial charge < -0.3 is 5.11 Å². The van der Waals surface area contributed by atoms with Gasteiger partial charge in [-0.05, 0) is 30.7 Å². The Bertz CT molecular complexity index is 492. The van der Waals surface area contributed by atoms with Gasteiger partial charge in [0.25, 0.3) is 0 Å². The zero-order chi connectivity index (χ0) is 10.8. The van der Waals surface area contributed by atoms with E-state index < -0.39 is 0 Å². The highest BCUT2D eigenvalue weighted by atomic mass is 19.1. The van der Waals surface area contributed by atoms with Crippen LogP contribution in [0, 0.1) is 12.7 Å². The maximum Gasteiger partial charge on any atom is 0.131 e. The van der Waals surface area contributed by atoms with Crippen LogP contribution in [0.4, 0.5) is 4.39 Å². The van der Waals surface area contributed by atoms with Crippen LogP contribution in [-0.4, -0.2) is 5.11 Å². The Hall–Kier alpha value is -1.83. The molecule has 0 amide bonds. The summed E-state index contributed by atoms with van der Waals surface area (Å²) in [6.45, 7) is 1.95. The molecule has 2 aromatic carbocycles. The van der Waals surface area contributed by atoms with Crippen LogP contribution in [0.5, 0.6) is 5.75 Å². The topological polar surface area (TPSA) is 20.2 Å². The first kappa shape index (κ1) is 9.71. The first-order chi connectivity index (χ1) is 7.16. The summed E-state index contributed by atoms with van der Waals surface area (Å²) in [5, 5.41) is 9.30. The summed E-state index contributed by atoms with van der Waals surface area (Å²) in [6, 6.07) is 11.6. The number of aromatic hydroxyl groups is 1. The molecule has 0 fully saturated rings. The minimum atomic E-state index is -0.321. The maximum atomic E-state index is 13.5. The number of phenolic OH excluding ortho intramolecular Hbond substituents is 1. The van der Waals surface area contributed by atoms with Gasteiger partial charge in [0.15, 0.2) is 0 Å². The third-order valence-electron chi connectivity index (χ3n) is 2.28. The molecular formula is C13H11FO. The Morgan fingerprint density at radius 2 is 1.87 bits per heavy atom. The number of hydrogen-bond acceptors (Lipinski definition) is 1. The van der Waals surface area contributed by atoms with Crippen molar-refractivity contribution >= 4 is 0 Å². The number of benzene rings is 2. The third-order valence-corrected chi connectivity index (χ3v) is 2.28. The van der Waals surface area contributed by atoms with Crippen molar-refractivity contribution in [2.24, 2.45) is 0 Å². The molecule has 2 heteroatoms. The van der Waals surface area contributed by atoms with E-state index >= 15 is 0 Å². The van der Waals surface area contributed by atoms with Crippen molar-refractivity contribution in [1.82, 2.24) is 0 Å². The first-order valence-electron chi connectivity index (χ1n) is 4.72. The van der Waals surface area contributed by atoms with Crippen molar-refractivity contribution in [1.29, 1.82) is 0 Å². The van der Waals surface area contributed by atoms with E-state index in [0.717, 1.165) is 11.1 Å². The second-order valence-electron chi connectivity index (χ2n) is 3.53. The fourth-order valence-electron chi connectivity index (χ4n) is 1.55. The van der Waals surface area contributed by atoms with Crippen LogP contribution in [0.3, 0.4) is 0 Å². The van der Waals surface area contributed by atoms with Crippen molar-refractivity contribution in [2.45, 2.75) is 6.92 Å². The lowest BCUT2D eigenvalue weighted by Crippen LogP contribution is -1.84. The predicted octanol–water partition coefficient (Wildman–Crippen LogP) is 3.51. The molecule has 0 spiro atoms. The maximum absolute atomic E-state index is 13.5. The number of hydrogen-bond donors (Lipinski definition) is 1. The van der Waals surface area contributed by atoms with Gasteiger partial charge in [-0.3, -0.25) is 0 Å². The second-order valence-corrected chi connectivity index (χ2v) is 3.53. The molecule has 0 heterocycles. The van der Waals surface area contributed by atoms with Crippen LogP contribution in [0.2, 0.25) is 0 Å². The minimum Gasteiger partial charge on any atom is -0.508 e. The van der Waals surface area contributed by atoms with Crippen LogP contribution in [0.1, 0.15) is 5.56 Å². The van der Waals surface area contributed by atoms with Crippen molar-refractivity contribution in [3.8, 4) is 16.9 Å². The van der Waals surface area contributed by atoms with E-state index in [0.29, 0.717) is 5.56 Å². The zero-order valence-corrected chi connectivity index (χ0v) is 8.37. The summed E-state index contributed by atoms with van der Waals surface area (Å²) in [4.78, 5) is 0. The van der Waals surface area contributed by atoms with E-state index in [9.17, 15) is 9.50 Å². The molecule has 0 aliphatic carbocycles. The molecule has 0 aliphatic rings. The van der Waals surface area contributed by atoms with Crippen molar-refractivity contribution in [3.05, 3.63) is 53.8 Å². The van der Waals surface area contributed by atoms with Crippen LogP contribution >= 0.6 is 0 Å². The highest BCUT2D eigenvalue weighted by Crippen LogP contribution is 2.26. The minimum absolute atomic E-state index is 0.0768. The average Bonchev–Trinajstić information content (AvgIpc) is 2.22. The summed E-state index contributed by atoms with van der Waals surface area (Å²) < 4.78 is 13.5. The molecule has 2 rings (SSSR count). The van der Waals surface area contributed by atoms with E-state index in [2.05, 4.69) is 0 Å². The van der Waals surface area contributed by atoms with Gasteiger partial charge in [0.2, 0.25) is 0 Å². The highest BCUT2D eigenvalue weighted by Gasteiger charge is 2.05. The lowest BCUT2D eigenvalue weighted by molar-refractivity contribution is 0.473. The Kier molecular flexibility index (Phi) is 2.42. The number of aryl methyl sites for hydroxylation is 1. The number of rotatable bonds is 1. The molecule has 1 N–H and O–H groups in total. The third kappa shape index (κ3) is 1.99. The second kappa shape index (κ2) is 3.73. The van der Waals surface area contributed by atoms with E-state index in [1.807, 2.05) is 31.2 Å². The zero-order valence-electron chi connectivity index (χ0n) is 8.37. The smallest absolute Gasteiger partial charge is 0.131 e. The molecule has 0 aliphatic heterocycles. The monoisotopic (exact) mass is 202 g/mol. The van der Waals surface area contributed by atoms with Gasteiger partial charge in [-0.15, -0.1) is 0 Å². The molecule has 76 valence electrons. The molecule has 0 saturated heterocycles. The molecule has 2 aromatic rings. The standard InChI is InChI=1S/C13H11FO/c1-9-3-2-4-10(7-9)12-8-11(15)5-6-13(12)14/h2-8,15H,1H3. The van der Waals surface area contributed by atoms with Crippen LogP contribution < -0.4 is 0 Å². The normalized spacial score (nSPS) is 10.3. The van der Waals surface area contributed by atoms with E-state index in [4.69, 9.17) is 0 Å². The summed E-state index contributed by atoms with van der Waals surface area (Å²) in [5.74, 6) is -0.244. The van der Waals surface area contributed by atoms with Gasteiger partial charge in [0.1, 0.15) is 11.6 Å². The molecule has 1 nitrogen and oxygen atoms in total. The van der Waals surface area contributed by atoms with Gasteiger partial charge in [-0.25, -0.2) is 4.39 Å². The van der Waals surface area contributed by atoms with Crippen molar-refractivity contribution in [2.75, 3.05) is 0 Å². The fraction of sp³-hybridized carbons (Fsp3) is 0.0769. The Morgan fingerprint density at radius 3 is 2.60 bits per heavy atom. The molecule has 0 atom stereocenters. The molecule has 0 aromatic heterocycles. The molecule has 0 bridgehead atoms. The van der Waals surface area contributed by atoms with Crippen molar-refractivity contribution < 1.29 is 9.50 Å². The summed E-state index contributed by atoms with van der Waals surface area (Å²) in [6.07, 6.45) is 0. The van der Waals surface area contributed by atoms with E-state index in [-0.39, 0.29) is 11.6 Å².